The van der Waals surface area contributed by atoms with Crippen LogP contribution >= 0.6 is 0 Å². The van der Waals surface area contributed by atoms with E-state index in [-0.39, 0.29) is 11.7 Å². The minimum absolute atomic E-state index is 0.0715. The number of nitrogens with zero attached hydrogens (tertiary/aromatic N) is 3. The Morgan fingerprint density at radius 1 is 1.35 bits per heavy atom. The number of carbonyl (C=O) groups is 1. The van der Waals surface area contributed by atoms with E-state index < -0.39 is 0 Å². The number of hydrogen-bond acceptors (Lipinski definition) is 2. The molecule has 1 heterocycles. The average Bonchev–Trinajstić information content (AvgIpc) is 3.12. The number of aromatic nitrogens is 2. The number of rotatable bonds is 4. The number of carbonyl (C=O) groups excluding carboxylic acids is 1. The lowest BCUT2D eigenvalue weighted by molar-refractivity contribution is 0.0782. The Bertz CT molecular complexity index is 616. The van der Waals surface area contributed by atoms with Crippen LogP contribution in [0.1, 0.15) is 23.3 Å². The van der Waals surface area contributed by atoms with Crippen LogP contribution in [-0.2, 0) is 0 Å². The van der Waals surface area contributed by atoms with Crippen molar-refractivity contribution in [3.8, 4) is 5.69 Å². The molecule has 1 amide bonds. The Morgan fingerprint density at radius 3 is 2.70 bits per heavy atom. The van der Waals surface area contributed by atoms with E-state index in [4.69, 9.17) is 0 Å². The van der Waals surface area contributed by atoms with Gasteiger partial charge in [-0.05, 0) is 49.1 Å². The van der Waals surface area contributed by atoms with Crippen molar-refractivity contribution >= 4 is 5.91 Å². The lowest BCUT2D eigenvalue weighted by Crippen LogP contribution is -2.29. The Kier molecular flexibility index (Phi) is 3.26. The van der Waals surface area contributed by atoms with E-state index in [1.807, 2.05) is 0 Å². The van der Waals surface area contributed by atoms with Crippen molar-refractivity contribution < 1.29 is 9.18 Å². The number of benzene rings is 1. The van der Waals surface area contributed by atoms with Crippen molar-refractivity contribution in [2.24, 2.45) is 5.92 Å². The third-order valence-electron chi connectivity index (χ3n) is 3.48. The molecule has 0 spiro atoms. The molecular weight excluding hydrogens is 257 g/mol. The molecule has 1 aromatic heterocycles. The highest BCUT2D eigenvalue weighted by molar-refractivity contribution is 5.92. The van der Waals surface area contributed by atoms with Crippen molar-refractivity contribution in [2.45, 2.75) is 12.8 Å². The van der Waals surface area contributed by atoms with Crippen LogP contribution in [0.25, 0.3) is 5.69 Å². The molecule has 0 radical (unpaired) electrons. The maximum atomic E-state index is 12.9. The lowest BCUT2D eigenvalue weighted by atomic mass is 10.3. The van der Waals surface area contributed by atoms with Gasteiger partial charge in [-0.2, -0.15) is 5.10 Å². The molecule has 0 N–H and O–H groups in total. The smallest absolute Gasteiger partial charge is 0.274 e. The molecule has 2 aromatic rings. The number of hydrogen-bond donors (Lipinski definition) is 0. The molecule has 1 aliphatic carbocycles. The Hall–Kier alpha value is -2.17. The molecule has 1 aliphatic rings. The van der Waals surface area contributed by atoms with Crippen LogP contribution in [0.15, 0.2) is 36.5 Å². The second kappa shape index (κ2) is 5.07. The van der Waals surface area contributed by atoms with E-state index in [0.717, 1.165) is 12.2 Å². The van der Waals surface area contributed by atoms with Gasteiger partial charge in [-0.1, -0.05) is 0 Å². The summed E-state index contributed by atoms with van der Waals surface area (Å²) in [5, 5.41) is 4.26. The molecule has 1 saturated carbocycles. The normalized spacial score (nSPS) is 14.3. The van der Waals surface area contributed by atoms with Gasteiger partial charge in [0.2, 0.25) is 0 Å². The Balaban J connectivity index is 1.75. The minimum Gasteiger partial charge on any atom is -0.340 e. The van der Waals surface area contributed by atoms with Crippen molar-refractivity contribution in [2.75, 3.05) is 13.6 Å². The van der Waals surface area contributed by atoms with Gasteiger partial charge in [0, 0.05) is 19.8 Å². The molecule has 20 heavy (non-hydrogen) atoms. The molecular formula is C15H16FN3O. The van der Waals surface area contributed by atoms with Gasteiger partial charge in [0.1, 0.15) is 5.82 Å². The van der Waals surface area contributed by atoms with Crippen molar-refractivity contribution in [3.05, 3.63) is 48.0 Å². The molecule has 4 nitrogen and oxygen atoms in total. The molecule has 0 saturated heterocycles. The van der Waals surface area contributed by atoms with Gasteiger partial charge >= 0.3 is 0 Å². The predicted molar refractivity (Wildman–Crippen MR) is 73.2 cm³/mol. The molecule has 104 valence electrons. The van der Waals surface area contributed by atoms with Gasteiger partial charge in [-0.3, -0.25) is 4.79 Å². The van der Waals surface area contributed by atoms with E-state index >= 15 is 0 Å². The van der Waals surface area contributed by atoms with E-state index in [2.05, 4.69) is 5.10 Å². The molecule has 3 rings (SSSR count). The van der Waals surface area contributed by atoms with Crippen LogP contribution in [-0.4, -0.2) is 34.2 Å². The summed E-state index contributed by atoms with van der Waals surface area (Å²) in [5.41, 5.74) is 1.15. The second-order valence-electron chi connectivity index (χ2n) is 5.25. The fourth-order valence-corrected chi connectivity index (χ4v) is 2.14. The molecule has 0 atom stereocenters. The van der Waals surface area contributed by atoms with Gasteiger partial charge in [-0.15, -0.1) is 0 Å². The van der Waals surface area contributed by atoms with Crippen molar-refractivity contribution in [3.63, 3.8) is 0 Å². The van der Waals surface area contributed by atoms with E-state index in [9.17, 15) is 9.18 Å². The second-order valence-corrected chi connectivity index (χ2v) is 5.25. The van der Waals surface area contributed by atoms with Gasteiger partial charge in [0.05, 0.1) is 5.69 Å². The third kappa shape index (κ3) is 2.71. The summed E-state index contributed by atoms with van der Waals surface area (Å²) in [5.74, 6) is 0.294. The van der Waals surface area contributed by atoms with Crippen LogP contribution < -0.4 is 0 Å². The van der Waals surface area contributed by atoms with E-state index in [0.29, 0.717) is 11.6 Å². The zero-order chi connectivity index (χ0) is 14.1. The first-order chi connectivity index (χ1) is 9.63. The van der Waals surface area contributed by atoms with Gasteiger partial charge in [0.25, 0.3) is 5.91 Å². The summed E-state index contributed by atoms with van der Waals surface area (Å²) < 4.78 is 14.5. The predicted octanol–water partition coefficient (Wildman–Crippen LogP) is 2.49. The van der Waals surface area contributed by atoms with Crippen LogP contribution in [0.4, 0.5) is 4.39 Å². The zero-order valence-corrected chi connectivity index (χ0v) is 11.3. The van der Waals surface area contributed by atoms with Crippen LogP contribution in [0, 0.1) is 11.7 Å². The van der Waals surface area contributed by atoms with E-state index in [1.54, 1.807) is 41.0 Å². The van der Waals surface area contributed by atoms with Crippen molar-refractivity contribution in [1.82, 2.24) is 14.7 Å². The molecule has 1 aromatic carbocycles. The number of amides is 1. The monoisotopic (exact) mass is 273 g/mol. The first kappa shape index (κ1) is 12.8. The fourth-order valence-electron chi connectivity index (χ4n) is 2.14. The van der Waals surface area contributed by atoms with Gasteiger partial charge in [-0.25, -0.2) is 9.07 Å². The van der Waals surface area contributed by atoms with Crippen molar-refractivity contribution in [1.29, 1.82) is 0 Å². The summed E-state index contributed by atoms with van der Waals surface area (Å²) >= 11 is 0. The summed E-state index contributed by atoms with van der Waals surface area (Å²) in [7, 11) is 1.80. The SMILES string of the molecule is CN(CC1CC1)C(=O)c1ccn(-c2ccc(F)cc2)n1. The maximum Gasteiger partial charge on any atom is 0.274 e. The minimum atomic E-state index is -0.290. The Labute approximate surface area is 116 Å². The summed E-state index contributed by atoms with van der Waals surface area (Å²) in [4.78, 5) is 13.9. The van der Waals surface area contributed by atoms with Crippen LogP contribution in [0.3, 0.4) is 0 Å². The topological polar surface area (TPSA) is 38.1 Å². The van der Waals surface area contributed by atoms with E-state index in [1.165, 1.54) is 25.0 Å². The standard InChI is InChI=1S/C15H16FN3O/c1-18(10-11-2-3-11)15(20)14-8-9-19(17-14)13-6-4-12(16)5-7-13/h4-9,11H,2-3,10H2,1H3. The first-order valence-electron chi connectivity index (χ1n) is 6.70. The summed E-state index contributed by atoms with van der Waals surface area (Å²) in [6.07, 6.45) is 4.13. The fraction of sp³-hybridized carbons (Fsp3) is 0.333. The molecule has 0 unspecified atom stereocenters. The maximum absolute atomic E-state index is 12.9. The Morgan fingerprint density at radius 2 is 2.05 bits per heavy atom. The van der Waals surface area contributed by atoms with Crippen LogP contribution in [0.5, 0.6) is 0 Å². The van der Waals surface area contributed by atoms with Gasteiger partial charge in [0.15, 0.2) is 5.69 Å². The van der Waals surface area contributed by atoms with Crippen LogP contribution in [0.2, 0.25) is 0 Å². The summed E-state index contributed by atoms with van der Waals surface area (Å²) in [6.45, 7) is 0.794. The molecule has 0 aliphatic heterocycles. The first-order valence-corrected chi connectivity index (χ1v) is 6.70. The molecule has 1 fully saturated rings. The highest BCUT2D eigenvalue weighted by Gasteiger charge is 2.26. The molecule has 5 heteroatoms. The number of halogens is 1. The largest absolute Gasteiger partial charge is 0.340 e. The third-order valence-corrected chi connectivity index (χ3v) is 3.48. The highest BCUT2D eigenvalue weighted by atomic mass is 19.1. The lowest BCUT2D eigenvalue weighted by Gasteiger charge is -2.14. The summed E-state index contributed by atoms with van der Waals surface area (Å²) in [6, 6.07) is 7.69. The zero-order valence-electron chi connectivity index (χ0n) is 11.3. The quantitative estimate of drug-likeness (QED) is 0.858. The highest BCUT2D eigenvalue weighted by Crippen LogP contribution is 2.29. The molecule has 0 bridgehead atoms. The average molecular weight is 273 g/mol. The van der Waals surface area contributed by atoms with Gasteiger partial charge < -0.3 is 4.90 Å².